The van der Waals surface area contributed by atoms with E-state index in [1.807, 2.05) is 15.0 Å². The molecule has 9 rings (SSSR count). The van der Waals surface area contributed by atoms with E-state index in [4.69, 9.17) is 19.9 Å². The topological polar surface area (TPSA) is 271 Å². The van der Waals surface area contributed by atoms with Crippen molar-refractivity contribution >= 4 is 130 Å². The first-order chi connectivity index (χ1) is 39.9. The lowest BCUT2D eigenvalue weighted by Gasteiger charge is -2.28. The van der Waals surface area contributed by atoms with E-state index < -0.39 is 59.1 Å². The van der Waals surface area contributed by atoms with Crippen LogP contribution in [0.3, 0.4) is 0 Å². The Hall–Kier alpha value is -6.43. The lowest BCUT2D eigenvalue weighted by molar-refractivity contribution is -0.138. The van der Waals surface area contributed by atoms with E-state index in [1.54, 1.807) is 54.5 Å². The highest BCUT2D eigenvalue weighted by molar-refractivity contribution is 8.19. The lowest BCUT2D eigenvalue weighted by Crippen LogP contribution is -2.48. The van der Waals surface area contributed by atoms with Gasteiger partial charge in [0.05, 0.1) is 14.7 Å². The van der Waals surface area contributed by atoms with Gasteiger partial charge in [-0.1, -0.05) is 27.7 Å². The predicted molar refractivity (Wildman–Crippen MR) is 333 cm³/mol. The summed E-state index contributed by atoms with van der Waals surface area (Å²) in [6.07, 6.45) is 10.1. The Morgan fingerprint density at radius 1 is 0.605 bits per heavy atom. The number of phenolic OH excluding ortho intramolecular Hbond substituents is 1. The summed E-state index contributed by atoms with van der Waals surface area (Å²) in [5.41, 5.74) is 15.8. The molecule has 0 aliphatic carbocycles. The molecule has 0 unspecified atom stereocenters. The molecule has 86 heavy (non-hydrogen) atoms. The molecule has 466 valence electrons. The second kappa shape index (κ2) is 32.5. The zero-order valence-electron chi connectivity index (χ0n) is 48.3. The summed E-state index contributed by atoms with van der Waals surface area (Å²) in [5, 5.41) is 19.5. The Labute approximate surface area is 521 Å². The Morgan fingerprint density at radius 2 is 0.977 bits per heavy atom. The van der Waals surface area contributed by atoms with E-state index in [0.29, 0.717) is 46.9 Å². The molecule has 6 aliphatic heterocycles. The highest BCUT2D eigenvalue weighted by Gasteiger charge is 2.33. The number of amides is 4. The van der Waals surface area contributed by atoms with Crippen molar-refractivity contribution in [3.63, 3.8) is 0 Å². The largest absolute Gasteiger partial charge is 0.507 e. The van der Waals surface area contributed by atoms with E-state index in [1.165, 1.54) is 83.8 Å². The number of hydrogen-bond acceptors (Lipinski definition) is 20. The third-order valence-corrected chi connectivity index (χ3v) is 15.7. The molecule has 29 heteroatoms. The Morgan fingerprint density at radius 3 is 1.33 bits per heavy atom. The molecule has 3 aromatic rings. The van der Waals surface area contributed by atoms with Crippen molar-refractivity contribution in [3.05, 3.63) is 103 Å². The Balaban J connectivity index is 0.000000239. The summed E-state index contributed by atoms with van der Waals surface area (Å²) in [7, 11) is 0. The molecule has 2 atom stereocenters. The van der Waals surface area contributed by atoms with Crippen LogP contribution in [0.15, 0.2) is 84.3 Å². The summed E-state index contributed by atoms with van der Waals surface area (Å²) in [5.74, 6) is -4.97. The molecule has 6 heterocycles. The first-order valence-electron chi connectivity index (χ1n) is 27.3. The molecule has 3 aromatic carbocycles. The quantitative estimate of drug-likeness (QED) is 0.0627. The molecule has 7 N–H and O–H groups in total. The smallest absolute Gasteiger partial charge is 0.408 e. The molecule has 0 spiro atoms. The fraction of sp³-hybridized carbons (Fsp3) is 0.421. The third-order valence-electron chi connectivity index (χ3n) is 12.7. The number of benzene rings is 3. The lowest BCUT2D eigenvalue weighted by atomic mass is 10.0. The van der Waals surface area contributed by atoms with Gasteiger partial charge in [-0.05, 0) is 161 Å². The van der Waals surface area contributed by atoms with Crippen molar-refractivity contribution in [1.29, 1.82) is 0 Å². The first-order valence-corrected chi connectivity index (χ1v) is 29.7. The number of halogens is 5. The number of rotatable bonds is 10. The van der Waals surface area contributed by atoms with Crippen LogP contribution < -0.4 is 36.8 Å². The summed E-state index contributed by atoms with van der Waals surface area (Å²) in [4.78, 5) is 87.3. The average molecular weight is 1290 g/mol. The van der Waals surface area contributed by atoms with Gasteiger partial charge in [0.25, 0.3) is 17.7 Å². The van der Waals surface area contributed by atoms with Crippen LogP contribution in [-0.4, -0.2) is 128 Å². The SMILES string of the molecule is CC(C)[C@@H](NC(=O)OC(C)(C)C)C(=O)Oc1cc(F)ccc1/C=C1/SC(N2CCCCN2)=NC1=O.CC(C)[C@H](N)C(=O)Oc1cc(F)ccc1/C=C1/SC(N2CCCCN2)=NC1=O.Cl.Cl.O=C1N=C(N2CCCCN2)S/C1=C\c1ccc(F)cc1O. The molecule has 21 nitrogen and oxygen atoms in total. The van der Waals surface area contributed by atoms with Gasteiger partial charge in [0.2, 0.25) is 0 Å². The van der Waals surface area contributed by atoms with Gasteiger partial charge >= 0.3 is 18.0 Å². The average Bonchev–Trinajstić information content (AvgIpc) is 3.70. The van der Waals surface area contributed by atoms with Crippen molar-refractivity contribution in [1.82, 2.24) is 36.6 Å². The van der Waals surface area contributed by atoms with Gasteiger partial charge in [-0.15, -0.1) is 24.8 Å². The van der Waals surface area contributed by atoms with Gasteiger partial charge in [0, 0.05) is 74.2 Å². The van der Waals surface area contributed by atoms with Crippen LogP contribution in [0.25, 0.3) is 18.2 Å². The maximum atomic E-state index is 14.0. The summed E-state index contributed by atoms with van der Waals surface area (Å²) in [6, 6.07) is 9.32. The molecule has 4 amide bonds. The normalized spacial score (nSPS) is 19.1. The van der Waals surface area contributed by atoms with Crippen LogP contribution in [0.5, 0.6) is 17.2 Å². The fourth-order valence-electron chi connectivity index (χ4n) is 8.14. The van der Waals surface area contributed by atoms with Gasteiger partial charge in [0.15, 0.2) is 15.5 Å². The van der Waals surface area contributed by atoms with Gasteiger partial charge in [-0.2, -0.15) is 15.0 Å². The first kappa shape index (κ1) is 70.3. The zero-order valence-corrected chi connectivity index (χ0v) is 52.4. The fourth-order valence-corrected chi connectivity index (χ4v) is 10.9. The molecular formula is C57H70Cl2F3N11O10S3. The molecular weight excluding hydrogens is 1220 g/mol. The monoisotopic (exact) mass is 1290 g/mol. The second-order valence-corrected chi connectivity index (χ2v) is 24.3. The van der Waals surface area contributed by atoms with Crippen molar-refractivity contribution in [2.45, 2.75) is 105 Å². The predicted octanol–water partition coefficient (Wildman–Crippen LogP) is 9.08. The minimum atomic E-state index is -1.03. The maximum Gasteiger partial charge on any atom is 0.408 e. The Kier molecular flexibility index (Phi) is 26.6. The van der Waals surface area contributed by atoms with E-state index in [9.17, 15) is 47.0 Å². The van der Waals surface area contributed by atoms with Crippen molar-refractivity contribution < 1.29 is 61.3 Å². The molecule has 3 saturated heterocycles. The van der Waals surface area contributed by atoms with E-state index in [0.717, 1.165) is 96.0 Å². The summed E-state index contributed by atoms with van der Waals surface area (Å²) >= 11 is 3.68. The number of nitrogens with two attached hydrogens (primary N) is 1. The number of amidine groups is 3. The highest BCUT2D eigenvalue weighted by atomic mass is 35.5. The number of nitrogens with one attached hydrogen (secondary N) is 4. The molecule has 0 bridgehead atoms. The number of aromatic hydroxyl groups is 1. The molecule has 0 saturated carbocycles. The van der Waals surface area contributed by atoms with Crippen LogP contribution in [0.1, 0.15) is 104 Å². The number of phenols is 1. The number of carbonyl (C=O) groups excluding carboxylic acids is 6. The number of hydrazine groups is 3. The number of ether oxygens (including phenoxy) is 3. The number of hydrogen-bond donors (Lipinski definition) is 6. The maximum absolute atomic E-state index is 14.0. The van der Waals surface area contributed by atoms with Crippen LogP contribution >= 0.6 is 60.1 Å². The van der Waals surface area contributed by atoms with Crippen molar-refractivity contribution in [3.8, 4) is 17.2 Å². The third kappa shape index (κ3) is 20.3. The molecule has 0 aromatic heterocycles. The minimum absolute atomic E-state index is 0. The minimum Gasteiger partial charge on any atom is -0.507 e. The van der Waals surface area contributed by atoms with E-state index in [-0.39, 0.29) is 65.7 Å². The molecule has 3 fully saturated rings. The molecule has 0 radical (unpaired) electrons. The second-order valence-electron chi connectivity index (χ2n) is 21.3. The van der Waals surface area contributed by atoms with Crippen molar-refractivity contribution in [2.24, 2.45) is 32.5 Å². The van der Waals surface area contributed by atoms with Gasteiger partial charge < -0.3 is 30.4 Å². The van der Waals surface area contributed by atoms with Crippen LogP contribution in [0.4, 0.5) is 18.0 Å². The van der Waals surface area contributed by atoms with Crippen LogP contribution in [-0.2, 0) is 28.7 Å². The van der Waals surface area contributed by atoms with E-state index >= 15 is 0 Å². The van der Waals surface area contributed by atoms with Gasteiger partial charge in [-0.3, -0.25) is 29.4 Å². The summed E-state index contributed by atoms with van der Waals surface area (Å²) in [6.45, 7) is 17.0. The molecule has 6 aliphatic rings. The number of alkyl carbamates (subject to hydrolysis) is 1. The van der Waals surface area contributed by atoms with Gasteiger partial charge in [0.1, 0.15) is 52.4 Å². The number of carbonyl (C=O) groups is 6. The van der Waals surface area contributed by atoms with E-state index in [2.05, 4.69) is 36.6 Å². The number of nitrogens with zero attached hydrogens (tertiary/aromatic N) is 6. The standard InChI is InChI=1S/C24H31FN4O5S.C19H23FN4O3S.C14H14FN3O2S.2ClH/c1-14(2)19(27-23(32)34-24(3,4)5)21(31)33-17-13-16(25)9-8-15(17)12-18-20(30)28-22(35-18)29-11-7-6-10-26-29;1-11(2)16(21)18(26)27-14-10-13(20)6-5-12(14)9-15-17(25)23-19(28-15)24-8-4-3-7-22-24;15-10-4-3-9(11(19)8-10)7-12-13(20)17-14(21-12)18-6-2-1-5-16-18;;/h8-9,12-14,19,26H,6-7,10-11H2,1-5H3,(H,27,32);5-6,9-11,16,22H,3-4,7-8,21H2,1-2H3;3-4,7-8,16,19H,1-2,5-6H2;2*1H/b18-12+;15-9+;12-7-;;/t19-;16-;;;/m10.../s1. The highest BCUT2D eigenvalue weighted by Crippen LogP contribution is 2.36. The number of esters is 2. The van der Waals surface area contributed by atoms with Crippen LogP contribution in [0, 0.1) is 29.3 Å². The Bertz CT molecular complexity index is 3180. The van der Waals surface area contributed by atoms with Gasteiger partial charge in [-0.25, -0.2) is 43.8 Å². The number of aliphatic imine (C=N–C) groups is 3. The summed E-state index contributed by atoms with van der Waals surface area (Å²) < 4.78 is 56.7. The van der Waals surface area contributed by atoms with Crippen LogP contribution in [0.2, 0.25) is 0 Å². The zero-order chi connectivity index (χ0) is 60.8. The van der Waals surface area contributed by atoms with Crippen molar-refractivity contribution in [2.75, 3.05) is 39.3 Å². The number of thioether (sulfide) groups is 3.